The third-order valence-electron chi connectivity index (χ3n) is 3.58. The van der Waals surface area contributed by atoms with Gasteiger partial charge in [-0.05, 0) is 49.1 Å². The fourth-order valence-electron chi connectivity index (χ4n) is 2.10. The van der Waals surface area contributed by atoms with Crippen LogP contribution in [0.25, 0.3) is 0 Å². The van der Waals surface area contributed by atoms with E-state index in [1.807, 2.05) is 44.0 Å². The molecule has 0 atom stereocenters. The van der Waals surface area contributed by atoms with Crippen LogP contribution < -0.4 is 0 Å². The minimum Gasteiger partial charge on any atom is -0.366 e. The van der Waals surface area contributed by atoms with Crippen molar-refractivity contribution in [3.63, 3.8) is 0 Å². The van der Waals surface area contributed by atoms with Crippen LogP contribution in [0.3, 0.4) is 0 Å². The standard InChI is InChI=1S/C18H21FN2/c1-4-21(3)13-20-18-12-17(19)11-16(14(18)2)10-15-8-6-5-7-9-15/h5-9,11-13H,4,10H2,1-3H3/b20-13-. The van der Waals surface area contributed by atoms with Crippen molar-refractivity contribution in [2.45, 2.75) is 20.3 Å². The van der Waals surface area contributed by atoms with E-state index in [1.165, 1.54) is 11.6 Å². The number of hydrogen-bond acceptors (Lipinski definition) is 1. The zero-order valence-corrected chi connectivity index (χ0v) is 12.8. The van der Waals surface area contributed by atoms with Crippen molar-refractivity contribution >= 4 is 12.0 Å². The van der Waals surface area contributed by atoms with Gasteiger partial charge in [-0.25, -0.2) is 9.38 Å². The van der Waals surface area contributed by atoms with Crippen LogP contribution >= 0.6 is 0 Å². The SMILES string of the molecule is CCN(C)/C=N\c1cc(F)cc(Cc2ccccc2)c1C. The fourth-order valence-corrected chi connectivity index (χ4v) is 2.10. The highest BCUT2D eigenvalue weighted by Gasteiger charge is 2.07. The average Bonchev–Trinajstić information content (AvgIpc) is 2.49. The van der Waals surface area contributed by atoms with Crippen molar-refractivity contribution in [1.82, 2.24) is 4.90 Å². The minimum atomic E-state index is -0.238. The Morgan fingerprint density at radius 2 is 1.90 bits per heavy atom. The molecule has 0 aliphatic rings. The summed E-state index contributed by atoms with van der Waals surface area (Å²) in [6.07, 6.45) is 2.46. The zero-order valence-electron chi connectivity index (χ0n) is 12.8. The van der Waals surface area contributed by atoms with E-state index < -0.39 is 0 Å². The first kappa shape index (κ1) is 15.2. The van der Waals surface area contributed by atoms with Crippen molar-refractivity contribution in [3.05, 3.63) is 65.0 Å². The quantitative estimate of drug-likeness (QED) is 0.589. The lowest BCUT2D eigenvalue weighted by molar-refractivity contribution is 0.552. The number of aliphatic imine (C=N–C) groups is 1. The normalized spacial score (nSPS) is 11.0. The van der Waals surface area contributed by atoms with Gasteiger partial charge in [-0.3, -0.25) is 0 Å². The van der Waals surface area contributed by atoms with E-state index in [-0.39, 0.29) is 5.82 Å². The Morgan fingerprint density at radius 3 is 2.57 bits per heavy atom. The summed E-state index contributed by atoms with van der Waals surface area (Å²) in [6, 6.07) is 13.2. The first-order valence-corrected chi connectivity index (χ1v) is 7.17. The molecule has 2 aromatic carbocycles. The summed E-state index contributed by atoms with van der Waals surface area (Å²) in [5.41, 5.74) is 3.88. The van der Waals surface area contributed by atoms with Gasteiger partial charge in [-0.2, -0.15) is 0 Å². The van der Waals surface area contributed by atoms with Gasteiger partial charge in [-0.1, -0.05) is 30.3 Å². The Labute approximate surface area is 125 Å². The lowest BCUT2D eigenvalue weighted by Crippen LogP contribution is -2.14. The van der Waals surface area contributed by atoms with Gasteiger partial charge >= 0.3 is 0 Å². The van der Waals surface area contributed by atoms with E-state index in [0.29, 0.717) is 5.69 Å². The van der Waals surface area contributed by atoms with E-state index in [4.69, 9.17) is 0 Å². The van der Waals surface area contributed by atoms with Crippen LogP contribution in [0.5, 0.6) is 0 Å². The molecule has 0 unspecified atom stereocenters. The van der Waals surface area contributed by atoms with Gasteiger partial charge in [0.05, 0.1) is 12.0 Å². The van der Waals surface area contributed by atoms with E-state index in [2.05, 4.69) is 17.1 Å². The number of benzene rings is 2. The fraction of sp³-hybridized carbons (Fsp3) is 0.278. The van der Waals surface area contributed by atoms with Crippen molar-refractivity contribution in [3.8, 4) is 0 Å². The van der Waals surface area contributed by atoms with Gasteiger partial charge in [-0.15, -0.1) is 0 Å². The van der Waals surface area contributed by atoms with Crippen molar-refractivity contribution in [2.75, 3.05) is 13.6 Å². The molecule has 2 nitrogen and oxygen atoms in total. The molecule has 0 spiro atoms. The van der Waals surface area contributed by atoms with Crippen LogP contribution in [0.4, 0.5) is 10.1 Å². The number of halogens is 1. The molecular weight excluding hydrogens is 263 g/mol. The molecule has 0 saturated heterocycles. The number of nitrogens with zero attached hydrogens (tertiary/aromatic N) is 2. The molecule has 2 aromatic rings. The Hall–Kier alpha value is -2.16. The van der Waals surface area contributed by atoms with Gasteiger partial charge in [0.1, 0.15) is 5.82 Å². The molecule has 0 aliphatic heterocycles. The first-order chi connectivity index (χ1) is 10.1. The van der Waals surface area contributed by atoms with Crippen LogP contribution in [0.1, 0.15) is 23.6 Å². The molecule has 0 heterocycles. The van der Waals surface area contributed by atoms with E-state index in [9.17, 15) is 4.39 Å². The summed E-state index contributed by atoms with van der Waals surface area (Å²) in [5.74, 6) is -0.238. The zero-order chi connectivity index (χ0) is 15.2. The Balaban J connectivity index is 2.30. The summed E-state index contributed by atoms with van der Waals surface area (Å²) in [5, 5.41) is 0. The molecule has 0 fully saturated rings. The average molecular weight is 284 g/mol. The number of rotatable bonds is 5. The summed E-state index contributed by atoms with van der Waals surface area (Å²) in [6.45, 7) is 4.91. The molecule has 0 aliphatic carbocycles. The Morgan fingerprint density at radius 1 is 1.19 bits per heavy atom. The smallest absolute Gasteiger partial charge is 0.125 e. The van der Waals surface area contributed by atoms with Crippen LogP contribution in [0.15, 0.2) is 47.5 Å². The summed E-state index contributed by atoms with van der Waals surface area (Å²) in [4.78, 5) is 6.36. The predicted octanol–water partition coefficient (Wildman–Crippen LogP) is 4.34. The highest BCUT2D eigenvalue weighted by atomic mass is 19.1. The van der Waals surface area contributed by atoms with Gasteiger partial charge < -0.3 is 4.90 Å². The van der Waals surface area contributed by atoms with E-state index >= 15 is 0 Å². The maximum Gasteiger partial charge on any atom is 0.125 e. The van der Waals surface area contributed by atoms with Gasteiger partial charge in [0, 0.05) is 13.6 Å². The van der Waals surface area contributed by atoms with Gasteiger partial charge in [0.25, 0.3) is 0 Å². The van der Waals surface area contributed by atoms with Crippen molar-refractivity contribution in [1.29, 1.82) is 0 Å². The molecule has 0 N–H and O–H groups in total. The predicted molar refractivity (Wildman–Crippen MR) is 86.8 cm³/mol. The molecule has 0 saturated carbocycles. The molecule has 0 bridgehead atoms. The van der Waals surface area contributed by atoms with E-state index in [1.54, 1.807) is 12.4 Å². The molecular formula is C18H21FN2. The molecule has 0 radical (unpaired) electrons. The molecule has 0 aromatic heterocycles. The Bertz CT molecular complexity index is 621. The van der Waals surface area contributed by atoms with Crippen molar-refractivity contribution in [2.24, 2.45) is 4.99 Å². The van der Waals surface area contributed by atoms with Crippen LogP contribution in [0, 0.1) is 12.7 Å². The maximum atomic E-state index is 13.8. The highest BCUT2D eigenvalue weighted by molar-refractivity contribution is 5.64. The molecule has 3 heteroatoms. The lowest BCUT2D eigenvalue weighted by Gasteiger charge is -2.12. The molecule has 110 valence electrons. The first-order valence-electron chi connectivity index (χ1n) is 7.17. The third-order valence-corrected chi connectivity index (χ3v) is 3.58. The van der Waals surface area contributed by atoms with E-state index in [0.717, 1.165) is 24.1 Å². The monoisotopic (exact) mass is 284 g/mol. The summed E-state index contributed by atoms with van der Waals surface area (Å²) < 4.78 is 13.8. The second kappa shape index (κ2) is 7.02. The highest BCUT2D eigenvalue weighted by Crippen LogP contribution is 2.25. The molecule has 2 rings (SSSR count). The maximum absolute atomic E-state index is 13.8. The second-order valence-electron chi connectivity index (χ2n) is 5.19. The van der Waals surface area contributed by atoms with Crippen LogP contribution in [-0.2, 0) is 6.42 Å². The molecule has 0 amide bonds. The topological polar surface area (TPSA) is 15.6 Å². The summed E-state index contributed by atoms with van der Waals surface area (Å²) in [7, 11) is 1.95. The van der Waals surface area contributed by atoms with Gasteiger partial charge in [0.2, 0.25) is 0 Å². The number of hydrogen-bond donors (Lipinski definition) is 0. The minimum absolute atomic E-state index is 0.238. The third kappa shape index (κ3) is 4.15. The molecule has 21 heavy (non-hydrogen) atoms. The lowest BCUT2D eigenvalue weighted by atomic mass is 9.99. The largest absolute Gasteiger partial charge is 0.366 e. The second-order valence-corrected chi connectivity index (χ2v) is 5.19. The summed E-state index contributed by atoms with van der Waals surface area (Å²) >= 11 is 0. The van der Waals surface area contributed by atoms with Gasteiger partial charge in [0.15, 0.2) is 0 Å². The van der Waals surface area contributed by atoms with Crippen LogP contribution in [-0.4, -0.2) is 24.8 Å². The van der Waals surface area contributed by atoms with Crippen molar-refractivity contribution < 1.29 is 4.39 Å². The Kier molecular flexibility index (Phi) is 5.09. The van der Waals surface area contributed by atoms with Crippen LogP contribution in [0.2, 0.25) is 0 Å².